The van der Waals surface area contributed by atoms with Crippen LogP contribution >= 0.6 is 11.8 Å². The molecule has 1 aliphatic rings. The molecular formula is C25H23NO5S2. The quantitative estimate of drug-likeness (QED) is 0.495. The van der Waals surface area contributed by atoms with E-state index in [1.807, 2.05) is 31.2 Å². The molecule has 0 saturated heterocycles. The number of fused-ring (bicyclic) bond motifs is 1. The fraction of sp³-hybridized carbons (Fsp3) is 0.160. The van der Waals surface area contributed by atoms with Gasteiger partial charge in [-0.1, -0.05) is 47.7 Å². The molecule has 170 valence electrons. The molecule has 33 heavy (non-hydrogen) atoms. The molecule has 0 radical (unpaired) electrons. The number of carbonyl (C=O) groups is 1. The third kappa shape index (κ3) is 4.91. The van der Waals surface area contributed by atoms with Crippen molar-refractivity contribution >= 4 is 39.3 Å². The summed E-state index contributed by atoms with van der Waals surface area (Å²) in [5.74, 6) is 0.395. The number of hydrogen-bond acceptors (Lipinski definition) is 6. The second kappa shape index (κ2) is 9.33. The smallest absolute Gasteiger partial charge is 0.262 e. The summed E-state index contributed by atoms with van der Waals surface area (Å²) < 4.78 is 37.2. The molecule has 3 aromatic rings. The molecule has 3 aromatic carbocycles. The molecule has 0 spiro atoms. The van der Waals surface area contributed by atoms with Crippen molar-refractivity contribution in [2.45, 2.75) is 22.5 Å². The number of hydrogen-bond donors (Lipinski definition) is 1. The molecule has 0 bridgehead atoms. The number of thioether (sulfide) groups is 1. The molecule has 4 rings (SSSR count). The molecule has 0 aromatic heterocycles. The predicted octanol–water partition coefficient (Wildman–Crippen LogP) is 5.07. The zero-order chi connectivity index (χ0) is 23.6. The first-order valence-electron chi connectivity index (χ1n) is 10.1. The average molecular weight is 482 g/mol. The zero-order valence-corrected chi connectivity index (χ0v) is 20.0. The third-order valence-corrected chi connectivity index (χ3v) is 7.97. The summed E-state index contributed by atoms with van der Waals surface area (Å²) in [5, 5.41) is 2.84. The molecule has 1 N–H and O–H groups in total. The van der Waals surface area contributed by atoms with Gasteiger partial charge in [0, 0.05) is 4.90 Å². The number of nitrogens with one attached hydrogen (secondary N) is 1. The Kier molecular flexibility index (Phi) is 6.49. The second-order valence-electron chi connectivity index (χ2n) is 7.53. The summed E-state index contributed by atoms with van der Waals surface area (Å²) in [6, 6.07) is 17.7. The molecule has 6 nitrogen and oxygen atoms in total. The van der Waals surface area contributed by atoms with E-state index in [1.165, 1.54) is 32.0 Å². The van der Waals surface area contributed by atoms with Crippen LogP contribution in [0.15, 0.2) is 75.4 Å². The molecule has 8 heteroatoms. The second-order valence-corrected chi connectivity index (χ2v) is 10.6. The van der Waals surface area contributed by atoms with Gasteiger partial charge in [0.1, 0.15) is 11.5 Å². The number of ether oxygens (including phenoxy) is 2. The first kappa shape index (κ1) is 22.9. The van der Waals surface area contributed by atoms with Gasteiger partial charge in [-0.25, -0.2) is 8.42 Å². The van der Waals surface area contributed by atoms with E-state index in [0.717, 1.165) is 11.1 Å². The Morgan fingerprint density at radius 2 is 1.64 bits per heavy atom. The molecule has 0 saturated carbocycles. The van der Waals surface area contributed by atoms with Gasteiger partial charge in [0.2, 0.25) is 0 Å². The van der Waals surface area contributed by atoms with Crippen molar-refractivity contribution in [3.8, 4) is 11.5 Å². The lowest BCUT2D eigenvalue weighted by Crippen LogP contribution is -2.17. The Hall–Kier alpha value is -3.23. The minimum atomic E-state index is -3.71. The molecule has 1 heterocycles. The number of benzene rings is 3. The highest BCUT2D eigenvalue weighted by molar-refractivity contribution is 8.04. The highest BCUT2D eigenvalue weighted by Gasteiger charge is 2.26. The van der Waals surface area contributed by atoms with E-state index in [1.54, 1.807) is 36.4 Å². The van der Waals surface area contributed by atoms with E-state index in [-0.39, 0.29) is 16.6 Å². The average Bonchev–Trinajstić information content (AvgIpc) is 2.80. The molecule has 0 unspecified atom stereocenters. The lowest BCUT2D eigenvalue weighted by Gasteiger charge is -2.20. The van der Waals surface area contributed by atoms with Crippen LogP contribution in [0.2, 0.25) is 0 Å². The maximum absolute atomic E-state index is 13.3. The van der Waals surface area contributed by atoms with Crippen molar-refractivity contribution in [3.63, 3.8) is 0 Å². The summed E-state index contributed by atoms with van der Waals surface area (Å²) in [4.78, 5) is 13.9. The van der Waals surface area contributed by atoms with Gasteiger partial charge in [0.25, 0.3) is 5.91 Å². The van der Waals surface area contributed by atoms with Gasteiger partial charge < -0.3 is 14.8 Å². The molecule has 0 atom stereocenters. The van der Waals surface area contributed by atoms with Crippen LogP contribution in [0, 0.1) is 6.92 Å². The van der Waals surface area contributed by atoms with Crippen molar-refractivity contribution in [1.82, 2.24) is 0 Å². The third-order valence-electron chi connectivity index (χ3n) is 5.24. The lowest BCUT2D eigenvalue weighted by molar-refractivity contribution is -0.112. The number of anilines is 1. The van der Waals surface area contributed by atoms with Crippen molar-refractivity contribution in [2.24, 2.45) is 0 Å². The largest absolute Gasteiger partial charge is 0.496 e. The minimum Gasteiger partial charge on any atom is -0.496 e. The SMILES string of the molecule is COc1cccc(OC)c1CS(=O)(=O)c1ccc2c(c1)SC(=Cc1ccc(C)cc1)C(=O)N2. The van der Waals surface area contributed by atoms with Crippen molar-refractivity contribution in [2.75, 3.05) is 19.5 Å². The Morgan fingerprint density at radius 1 is 0.970 bits per heavy atom. The van der Waals surface area contributed by atoms with Gasteiger partial charge in [0.15, 0.2) is 9.84 Å². The van der Waals surface area contributed by atoms with Crippen LogP contribution in [0.3, 0.4) is 0 Å². The van der Waals surface area contributed by atoms with Gasteiger partial charge in [-0.05, 0) is 48.9 Å². The summed E-state index contributed by atoms with van der Waals surface area (Å²) in [6.45, 7) is 2.00. The Balaban J connectivity index is 1.66. The fourth-order valence-electron chi connectivity index (χ4n) is 3.49. The minimum absolute atomic E-state index is 0.160. The first-order chi connectivity index (χ1) is 15.8. The highest BCUT2D eigenvalue weighted by atomic mass is 32.2. The van der Waals surface area contributed by atoms with Crippen LogP contribution in [0.4, 0.5) is 5.69 Å². The number of carbonyl (C=O) groups excluding carboxylic acids is 1. The lowest BCUT2D eigenvalue weighted by atomic mass is 10.1. The maximum Gasteiger partial charge on any atom is 0.262 e. The maximum atomic E-state index is 13.3. The monoisotopic (exact) mass is 481 g/mol. The summed E-state index contributed by atoms with van der Waals surface area (Å²) >= 11 is 1.25. The highest BCUT2D eigenvalue weighted by Crippen LogP contribution is 2.41. The normalized spacial score (nSPS) is 14.5. The van der Waals surface area contributed by atoms with E-state index in [2.05, 4.69) is 5.32 Å². The van der Waals surface area contributed by atoms with E-state index < -0.39 is 9.84 Å². The summed E-state index contributed by atoms with van der Waals surface area (Å²) in [6.07, 6.45) is 1.79. The van der Waals surface area contributed by atoms with Crippen LogP contribution < -0.4 is 14.8 Å². The number of aryl methyl sites for hydroxylation is 1. The van der Waals surface area contributed by atoms with Gasteiger partial charge in [-0.2, -0.15) is 0 Å². The zero-order valence-electron chi connectivity index (χ0n) is 18.4. The van der Waals surface area contributed by atoms with Crippen LogP contribution in [0.1, 0.15) is 16.7 Å². The van der Waals surface area contributed by atoms with Crippen molar-refractivity contribution in [1.29, 1.82) is 0 Å². The van der Waals surface area contributed by atoms with Gasteiger partial charge in [0.05, 0.1) is 41.0 Å². The van der Waals surface area contributed by atoms with E-state index in [0.29, 0.717) is 32.6 Å². The van der Waals surface area contributed by atoms with Crippen LogP contribution in [-0.2, 0) is 20.4 Å². The summed E-state index contributed by atoms with van der Waals surface area (Å²) in [5.41, 5.74) is 3.07. The van der Waals surface area contributed by atoms with Crippen molar-refractivity contribution in [3.05, 3.63) is 82.3 Å². The van der Waals surface area contributed by atoms with Gasteiger partial charge >= 0.3 is 0 Å². The molecule has 0 fully saturated rings. The standard InChI is InChI=1S/C25H23NO5S2/c1-16-7-9-17(10-8-16)13-24-25(27)26-20-12-11-18(14-23(20)32-24)33(28,29)15-19-21(30-2)5-4-6-22(19)31-3/h4-14H,15H2,1-3H3,(H,26,27). The van der Waals surface area contributed by atoms with Crippen LogP contribution in [0.25, 0.3) is 6.08 Å². The van der Waals surface area contributed by atoms with Gasteiger partial charge in [-0.3, -0.25) is 4.79 Å². The number of amides is 1. The Bertz CT molecular complexity index is 1320. The molecule has 1 aliphatic heterocycles. The van der Waals surface area contributed by atoms with Crippen LogP contribution in [0.5, 0.6) is 11.5 Å². The molecule has 1 amide bonds. The molecular weight excluding hydrogens is 458 g/mol. The topological polar surface area (TPSA) is 81.7 Å². The molecule has 0 aliphatic carbocycles. The van der Waals surface area contributed by atoms with E-state index >= 15 is 0 Å². The predicted molar refractivity (Wildman–Crippen MR) is 131 cm³/mol. The fourth-order valence-corrected chi connectivity index (χ4v) is 5.95. The van der Waals surface area contributed by atoms with Crippen LogP contribution in [-0.4, -0.2) is 28.5 Å². The number of sulfone groups is 1. The first-order valence-corrected chi connectivity index (χ1v) is 12.6. The van der Waals surface area contributed by atoms with Crippen molar-refractivity contribution < 1.29 is 22.7 Å². The number of rotatable bonds is 6. The number of methoxy groups -OCH3 is 2. The summed E-state index contributed by atoms with van der Waals surface area (Å²) in [7, 11) is -0.730. The van der Waals surface area contributed by atoms with Gasteiger partial charge in [-0.15, -0.1) is 0 Å². The Morgan fingerprint density at radius 3 is 2.27 bits per heavy atom. The van der Waals surface area contributed by atoms with E-state index in [9.17, 15) is 13.2 Å². The van der Waals surface area contributed by atoms with E-state index in [4.69, 9.17) is 9.47 Å². The Labute approximate surface area is 197 Å².